The molecular weight excluding hydrogens is 488 g/mol. The van der Waals surface area contributed by atoms with Crippen LogP contribution in [-0.4, -0.2) is 20.7 Å². The van der Waals surface area contributed by atoms with Crippen LogP contribution in [0.5, 0.6) is 0 Å². The lowest BCUT2D eigenvalue weighted by atomic mass is 9.84. The Morgan fingerprint density at radius 2 is 1.27 bits per heavy atom. The maximum atomic E-state index is 4.45. The van der Waals surface area contributed by atoms with Crippen LogP contribution in [0.3, 0.4) is 0 Å². The lowest BCUT2D eigenvalue weighted by Gasteiger charge is -2.22. The number of aryl methyl sites for hydroxylation is 2. The van der Waals surface area contributed by atoms with Crippen LogP contribution >= 0.6 is 0 Å². The normalized spacial score (nSPS) is 14.4. The molecule has 1 aliphatic carbocycles. The van der Waals surface area contributed by atoms with Crippen molar-refractivity contribution in [2.75, 3.05) is 6.54 Å². The molecule has 4 heteroatoms. The third kappa shape index (κ3) is 2.99. The van der Waals surface area contributed by atoms with Gasteiger partial charge in [0.1, 0.15) is 0 Å². The summed E-state index contributed by atoms with van der Waals surface area (Å²) in [6, 6.07) is 31.4. The standard InChI is InChI=1S/C36H26N4/c1-3-11-33-27(9-1)31-17-23-13-14-24-18-32-28-10-2-4-12-34(28)40(26-8-6-16-38-22-26)36(32)20-30(24)29(23)19-35(31)39(33)25-7-5-15-37-21-25/h1-12,15,17-22,38H,13-14,16H2. The van der Waals surface area contributed by atoms with Crippen LogP contribution in [0.4, 0.5) is 0 Å². The van der Waals surface area contributed by atoms with Crippen molar-refractivity contribution < 1.29 is 0 Å². The fourth-order valence-electron chi connectivity index (χ4n) is 6.95. The zero-order valence-corrected chi connectivity index (χ0v) is 21.9. The van der Waals surface area contributed by atoms with E-state index in [0.29, 0.717) is 0 Å². The van der Waals surface area contributed by atoms with Crippen molar-refractivity contribution in [2.45, 2.75) is 12.8 Å². The maximum absolute atomic E-state index is 4.45. The molecule has 9 rings (SSSR count). The Morgan fingerprint density at radius 1 is 0.625 bits per heavy atom. The molecule has 190 valence electrons. The number of hydrogen-bond acceptors (Lipinski definition) is 2. The van der Waals surface area contributed by atoms with Gasteiger partial charge in [0.15, 0.2) is 0 Å². The van der Waals surface area contributed by atoms with Gasteiger partial charge in [0, 0.05) is 40.5 Å². The molecule has 0 bridgehead atoms. The summed E-state index contributed by atoms with van der Waals surface area (Å²) < 4.78 is 4.78. The second kappa shape index (κ2) is 8.20. The first-order valence-electron chi connectivity index (χ1n) is 14.0. The number of aromatic nitrogens is 3. The summed E-state index contributed by atoms with van der Waals surface area (Å²) in [6.07, 6.45) is 12.5. The minimum absolute atomic E-state index is 0.865. The summed E-state index contributed by atoms with van der Waals surface area (Å²) >= 11 is 0. The number of para-hydroxylation sites is 2. The number of benzene rings is 4. The van der Waals surface area contributed by atoms with Crippen LogP contribution in [0, 0.1) is 0 Å². The quantitative estimate of drug-likeness (QED) is 0.254. The molecule has 1 N–H and O–H groups in total. The number of allylic oxidation sites excluding steroid dienone is 2. The van der Waals surface area contributed by atoms with E-state index in [2.05, 4.69) is 117 Å². The predicted molar refractivity (Wildman–Crippen MR) is 166 cm³/mol. The van der Waals surface area contributed by atoms with E-state index in [9.17, 15) is 0 Å². The summed E-state index contributed by atoms with van der Waals surface area (Å²) in [5, 5.41) is 8.63. The minimum Gasteiger partial charge on any atom is -0.386 e. The van der Waals surface area contributed by atoms with Crippen molar-refractivity contribution in [2.24, 2.45) is 0 Å². The molecular formula is C36H26N4. The van der Waals surface area contributed by atoms with E-state index in [1.165, 1.54) is 71.6 Å². The lowest BCUT2D eigenvalue weighted by Crippen LogP contribution is -2.11. The Hall–Kier alpha value is -5.09. The number of pyridine rings is 1. The second-order valence-corrected chi connectivity index (χ2v) is 10.8. The van der Waals surface area contributed by atoms with Crippen LogP contribution in [0.15, 0.2) is 116 Å². The smallest absolute Gasteiger partial charge is 0.0645 e. The molecule has 7 aromatic rings. The highest BCUT2D eigenvalue weighted by atomic mass is 15.0. The van der Waals surface area contributed by atoms with E-state index in [1.807, 2.05) is 18.5 Å². The topological polar surface area (TPSA) is 34.8 Å². The number of rotatable bonds is 2. The molecule has 1 aliphatic heterocycles. The van der Waals surface area contributed by atoms with E-state index in [-0.39, 0.29) is 0 Å². The highest BCUT2D eigenvalue weighted by Crippen LogP contribution is 2.43. The number of fused-ring (bicyclic) bond motifs is 9. The molecule has 4 nitrogen and oxygen atoms in total. The molecule has 0 spiro atoms. The second-order valence-electron chi connectivity index (χ2n) is 10.8. The van der Waals surface area contributed by atoms with Gasteiger partial charge in [-0.25, -0.2) is 0 Å². The van der Waals surface area contributed by atoms with Crippen molar-refractivity contribution >= 4 is 49.3 Å². The molecule has 4 aromatic carbocycles. The van der Waals surface area contributed by atoms with Gasteiger partial charge in [0.2, 0.25) is 0 Å². The zero-order valence-electron chi connectivity index (χ0n) is 21.9. The third-order valence-electron chi connectivity index (χ3n) is 8.69. The summed E-state index contributed by atoms with van der Waals surface area (Å²) in [4.78, 5) is 4.45. The van der Waals surface area contributed by atoms with Crippen molar-refractivity contribution in [1.29, 1.82) is 0 Å². The molecule has 0 amide bonds. The van der Waals surface area contributed by atoms with Gasteiger partial charge in [-0.1, -0.05) is 42.5 Å². The van der Waals surface area contributed by atoms with Gasteiger partial charge in [-0.2, -0.15) is 0 Å². The van der Waals surface area contributed by atoms with E-state index >= 15 is 0 Å². The zero-order chi connectivity index (χ0) is 26.2. The van der Waals surface area contributed by atoms with Crippen LogP contribution in [-0.2, 0) is 12.8 Å². The fourth-order valence-corrected chi connectivity index (χ4v) is 6.95. The molecule has 0 unspecified atom stereocenters. The Bertz CT molecular complexity index is 2210. The van der Waals surface area contributed by atoms with Crippen LogP contribution in [0.1, 0.15) is 11.1 Å². The van der Waals surface area contributed by atoms with E-state index < -0.39 is 0 Å². The monoisotopic (exact) mass is 514 g/mol. The molecule has 3 aromatic heterocycles. The van der Waals surface area contributed by atoms with Gasteiger partial charge in [-0.3, -0.25) is 4.98 Å². The maximum Gasteiger partial charge on any atom is 0.0645 e. The first-order valence-corrected chi connectivity index (χ1v) is 14.0. The summed E-state index contributed by atoms with van der Waals surface area (Å²) in [7, 11) is 0. The molecule has 0 fully saturated rings. The summed E-state index contributed by atoms with van der Waals surface area (Å²) in [5.74, 6) is 0. The Morgan fingerprint density at radius 3 is 1.90 bits per heavy atom. The van der Waals surface area contributed by atoms with Crippen LogP contribution in [0.25, 0.3) is 66.1 Å². The molecule has 4 heterocycles. The molecule has 0 radical (unpaired) electrons. The molecule has 0 saturated heterocycles. The van der Waals surface area contributed by atoms with Crippen molar-refractivity contribution in [3.8, 4) is 16.8 Å². The van der Waals surface area contributed by atoms with Gasteiger partial charge >= 0.3 is 0 Å². The number of nitrogens with zero attached hydrogens (tertiary/aromatic N) is 3. The average Bonchev–Trinajstić information content (AvgIpc) is 3.52. The van der Waals surface area contributed by atoms with Crippen molar-refractivity contribution in [3.63, 3.8) is 0 Å². The van der Waals surface area contributed by atoms with Crippen LogP contribution < -0.4 is 5.32 Å². The van der Waals surface area contributed by atoms with Crippen molar-refractivity contribution in [1.82, 2.24) is 19.4 Å². The highest BCUT2D eigenvalue weighted by molar-refractivity contribution is 6.13. The predicted octanol–water partition coefficient (Wildman–Crippen LogP) is 8.01. The summed E-state index contributed by atoms with van der Waals surface area (Å²) in [6.45, 7) is 0.865. The third-order valence-corrected chi connectivity index (χ3v) is 8.69. The Labute approximate surface area is 231 Å². The fraction of sp³-hybridized carbons (Fsp3) is 0.0833. The largest absolute Gasteiger partial charge is 0.386 e. The van der Waals surface area contributed by atoms with Crippen LogP contribution in [0.2, 0.25) is 0 Å². The van der Waals surface area contributed by atoms with Gasteiger partial charge in [0.05, 0.1) is 39.6 Å². The first kappa shape index (κ1) is 21.8. The van der Waals surface area contributed by atoms with Gasteiger partial charge < -0.3 is 14.5 Å². The number of hydrogen-bond donors (Lipinski definition) is 1. The van der Waals surface area contributed by atoms with E-state index in [0.717, 1.165) is 25.1 Å². The van der Waals surface area contributed by atoms with Crippen molar-refractivity contribution in [3.05, 3.63) is 127 Å². The molecule has 2 aliphatic rings. The number of dihydropyridines is 1. The molecule has 0 atom stereocenters. The van der Waals surface area contributed by atoms with E-state index in [4.69, 9.17) is 0 Å². The highest BCUT2D eigenvalue weighted by Gasteiger charge is 2.23. The Balaban J connectivity index is 1.36. The SMILES string of the molecule is C1=CC(n2c3ccccc3c3cc4c(cc32)-c2cc3c(cc2CC4)c2ccccc2n3-c2cccnc2)=CNC1. The van der Waals surface area contributed by atoms with Gasteiger partial charge in [-0.15, -0.1) is 0 Å². The summed E-state index contributed by atoms with van der Waals surface area (Å²) in [5.41, 5.74) is 12.7. The first-order chi connectivity index (χ1) is 19.8. The average molecular weight is 515 g/mol. The molecule has 0 saturated carbocycles. The lowest BCUT2D eigenvalue weighted by molar-refractivity contribution is 0.945. The Kier molecular flexibility index (Phi) is 4.47. The minimum atomic E-state index is 0.865. The van der Waals surface area contributed by atoms with Gasteiger partial charge in [0.25, 0.3) is 0 Å². The van der Waals surface area contributed by atoms with E-state index in [1.54, 1.807) is 0 Å². The molecule has 40 heavy (non-hydrogen) atoms. The van der Waals surface area contributed by atoms with Gasteiger partial charge in [-0.05, 0) is 89.7 Å². The number of nitrogens with one attached hydrogen (secondary N) is 1.